The summed E-state index contributed by atoms with van der Waals surface area (Å²) in [5.41, 5.74) is 3.84. The number of nitrogens with two attached hydrogens (primary N) is 1. The Hall–Kier alpha value is -1.44. The zero-order valence-electron chi connectivity index (χ0n) is 11.3. The lowest BCUT2D eigenvalue weighted by Gasteiger charge is -2.26. The Morgan fingerprint density at radius 2 is 1.95 bits per heavy atom. The quantitative estimate of drug-likeness (QED) is 0.273. The summed E-state index contributed by atoms with van der Waals surface area (Å²) < 4.78 is 10.5. The Bertz CT molecular complexity index is 412. The lowest BCUT2D eigenvalue weighted by atomic mass is 10.1. The fourth-order valence-electron chi connectivity index (χ4n) is 1.22. The fraction of sp³-hybridized carbons (Fsp3) is 0.700. The van der Waals surface area contributed by atoms with Crippen LogP contribution < -0.4 is 16.4 Å². The number of carbonyl (C=O) groups is 3. The van der Waals surface area contributed by atoms with Gasteiger partial charge >= 0.3 is 5.97 Å². The molecule has 0 heterocycles. The van der Waals surface area contributed by atoms with Crippen molar-refractivity contribution in [3.8, 4) is 0 Å². The molecule has 3 atom stereocenters. The fourth-order valence-corrected chi connectivity index (χ4v) is 1.70. The highest BCUT2D eigenvalue weighted by atomic mass is 31.1. The largest absolute Gasteiger partial charge is 0.480 e. The van der Waals surface area contributed by atoms with Crippen molar-refractivity contribution in [2.24, 2.45) is 5.73 Å². The van der Waals surface area contributed by atoms with Crippen LogP contribution in [-0.4, -0.2) is 45.7 Å². The molecular weight excluding hydrogens is 289 g/mol. The van der Waals surface area contributed by atoms with Gasteiger partial charge in [0.1, 0.15) is 6.04 Å². The standard InChI is InChI=1S/C10H20N3O6P/c1-6(8(15)16)12-9(17)10(2,11)13-7(14)4-3-5-20(18)19/h6,20H,3-5,11H2,1-2H3,(H,12,17)(H,13,14)(H,15,16)(H,18,19)/t6-,10-/m0/s1. The molecule has 0 aliphatic carbocycles. The molecule has 0 saturated heterocycles. The van der Waals surface area contributed by atoms with E-state index >= 15 is 0 Å². The molecule has 0 rings (SSSR count). The molecule has 0 aromatic heterocycles. The van der Waals surface area contributed by atoms with E-state index in [0.717, 1.165) is 0 Å². The average Bonchev–Trinajstić information content (AvgIpc) is 2.27. The number of aliphatic carboxylic acids is 1. The highest BCUT2D eigenvalue weighted by Crippen LogP contribution is 2.14. The molecule has 0 aliphatic heterocycles. The molecule has 0 aliphatic rings. The van der Waals surface area contributed by atoms with Gasteiger partial charge in [-0.25, -0.2) is 0 Å². The van der Waals surface area contributed by atoms with Crippen molar-refractivity contribution in [1.29, 1.82) is 0 Å². The number of rotatable bonds is 8. The number of nitrogens with one attached hydrogen (secondary N) is 2. The third-order valence-corrected chi connectivity index (χ3v) is 3.16. The van der Waals surface area contributed by atoms with Crippen LogP contribution in [-0.2, 0) is 18.9 Å². The Kier molecular flexibility index (Phi) is 7.41. The smallest absolute Gasteiger partial charge is 0.325 e. The van der Waals surface area contributed by atoms with E-state index in [0.29, 0.717) is 0 Å². The normalized spacial score (nSPS) is 16.6. The molecule has 0 spiro atoms. The minimum absolute atomic E-state index is 0.0155. The topological polar surface area (TPSA) is 159 Å². The van der Waals surface area contributed by atoms with Gasteiger partial charge in [-0.15, -0.1) is 0 Å². The summed E-state index contributed by atoms with van der Waals surface area (Å²) in [6.45, 7) is 2.49. The van der Waals surface area contributed by atoms with E-state index in [1.807, 2.05) is 0 Å². The highest BCUT2D eigenvalue weighted by Gasteiger charge is 2.31. The maximum Gasteiger partial charge on any atom is 0.325 e. The van der Waals surface area contributed by atoms with Gasteiger partial charge in [0.25, 0.3) is 5.91 Å². The first-order valence-electron chi connectivity index (χ1n) is 5.91. The lowest BCUT2D eigenvalue weighted by molar-refractivity contribution is -0.142. The summed E-state index contributed by atoms with van der Waals surface area (Å²) >= 11 is 0. The first-order chi connectivity index (χ1) is 9.06. The molecule has 0 aromatic carbocycles. The maximum absolute atomic E-state index is 11.7. The molecule has 0 bridgehead atoms. The molecule has 116 valence electrons. The average molecular weight is 309 g/mol. The second kappa shape index (κ2) is 7.98. The van der Waals surface area contributed by atoms with Gasteiger partial charge < -0.3 is 26.4 Å². The van der Waals surface area contributed by atoms with Crippen molar-refractivity contribution < 1.29 is 28.9 Å². The van der Waals surface area contributed by atoms with E-state index in [1.54, 1.807) is 0 Å². The van der Waals surface area contributed by atoms with Crippen LogP contribution in [0, 0.1) is 0 Å². The van der Waals surface area contributed by atoms with Gasteiger partial charge in [-0.2, -0.15) is 0 Å². The van der Waals surface area contributed by atoms with Gasteiger partial charge in [-0.05, 0) is 20.3 Å². The zero-order chi connectivity index (χ0) is 15.9. The number of carbonyl (C=O) groups excluding carboxylic acids is 2. The van der Waals surface area contributed by atoms with Crippen molar-refractivity contribution >= 4 is 25.8 Å². The molecule has 10 heteroatoms. The van der Waals surface area contributed by atoms with E-state index in [2.05, 4.69) is 10.6 Å². The van der Waals surface area contributed by atoms with Crippen LogP contribution in [0.5, 0.6) is 0 Å². The second-order valence-corrected chi connectivity index (χ2v) is 5.82. The Morgan fingerprint density at radius 3 is 2.40 bits per heavy atom. The first kappa shape index (κ1) is 18.6. The van der Waals surface area contributed by atoms with Crippen LogP contribution in [0.15, 0.2) is 0 Å². The van der Waals surface area contributed by atoms with Crippen LogP contribution in [0.3, 0.4) is 0 Å². The molecule has 6 N–H and O–H groups in total. The molecule has 2 amide bonds. The molecule has 0 fully saturated rings. The SMILES string of the molecule is C[C@H](NC(=O)[C@@](C)(N)NC(=O)CCC[PH](=O)O)C(=O)O. The van der Waals surface area contributed by atoms with E-state index in [-0.39, 0.29) is 19.0 Å². The summed E-state index contributed by atoms with van der Waals surface area (Å²) in [6, 6.07) is -1.14. The van der Waals surface area contributed by atoms with E-state index < -0.39 is 37.5 Å². The summed E-state index contributed by atoms with van der Waals surface area (Å²) in [4.78, 5) is 42.4. The van der Waals surface area contributed by atoms with Crippen molar-refractivity contribution in [2.75, 3.05) is 6.16 Å². The van der Waals surface area contributed by atoms with Crippen LogP contribution in [0.4, 0.5) is 0 Å². The molecule has 0 radical (unpaired) electrons. The Labute approximate surface area is 116 Å². The lowest BCUT2D eigenvalue weighted by Crippen LogP contribution is -2.64. The Morgan fingerprint density at radius 1 is 1.40 bits per heavy atom. The Balaban J connectivity index is 4.35. The third-order valence-electron chi connectivity index (χ3n) is 2.38. The molecule has 20 heavy (non-hydrogen) atoms. The van der Waals surface area contributed by atoms with E-state index in [1.165, 1.54) is 13.8 Å². The molecule has 1 unspecified atom stereocenters. The number of hydrogen-bond acceptors (Lipinski definition) is 5. The summed E-state index contributed by atoms with van der Waals surface area (Å²) in [6.07, 6.45) is 0.163. The molecular formula is C10H20N3O6P. The van der Waals surface area contributed by atoms with Crippen LogP contribution >= 0.6 is 8.03 Å². The summed E-state index contributed by atoms with van der Waals surface area (Å²) in [5, 5.41) is 13.0. The van der Waals surface area contributed by atoms with Crippen molar-refractivity contribution in [1.82, 2.24) is 10.6 Å². The van der Waals surface area contributed by atoms with E-state index in [4.69, 9.17) is 15.7 Å². The maximum atomic E-state index is 11.7. The van der Waals surface area contributed by atoms with Gasteiger partial charge in [0.2, 0.25) is 5.91 Å². The highest BCUT2D eigenvalue weighted by molar-refractivity contribution is 7.37. The predicted molar refractivity (Wildman–Crippen MR) is 71.3 cm³/mol. The number of amides is 2. The summed E-state index contributed by atoms with van der Waals surface area (Å²) in [5.74, 6) is -2.62. The second-order valence-electron chi connectivity index (χ2n) is 4.53. The number of hydrogen-bond donors (Lipinski definition) is 5. The summed E-state index contributed by atoms with van der Waals surface area (Å²) in [7, 11) is -2.62. The number of carboxylic acids is 1. The zero-order valence-corrected chi connectivity index (χ0v) is 12.3. The monoisotopic (exact) mass is 309 g/mol. The van der Waals surface area contributed by atoms with Gasteiger partial charge in [0, 0.05) is 12.6 Å². The predicted octanol–water partition coefficient (Wildman–Crippen LogP) is -1.39. The van der Waals surface area contributed by atoms with Gasteiger partial charge in [0.05, 0.1) is 0 Å². The van der Waals surface area contributed by atoms with Gasteiger partial charge in [-0.1, -0.05) is 0 Å². The minimum Gasteiger partial charge on any atom is -0.480 e. The first-order valence-corrected chi connectivity index (χ1v) is 7.48. The van der Waals surface area contributed by atoms with E-state index in [9.17, 15) is 18.9 Å². The van der Waals surface area contributed by atoms with Crippen molar-refractivity contribution in [3.05, 3.63) is 0 Å². The third kappa shape index (κ3) is 7.22. The molecule has 0 aromatic rings. The van der Waals surface area contributed by atoms with Crippen molar-refractivity contribution in [2.45, 2.75) is 38.4 Å². The van der Waals surface area contributed by atoms with Gasteiger partial charge in [-0.3, -0.25) is 18.9 Å². The van der Waals surface area contributed by atoms with Crippen LogP contribution in [0.2, 0.25) is 0 Å². The number of carboxylic acid groups (broad SMARTS) is 1. The molecule has 0 saturated carbocycles. The molecule has 9 nitrogen and oxygen atoms in total. The minimum atomic E-state index is -2.62. The van der Waals surface area contributed by atoms with Gasteiger partial charge in [0.15, 0.2) is 13.7 Å². The van der Waals surface area contributed by atoms with Crippen LogP contribution in [0.1, 0.15) is 26.7 Å². The van der Waals surface area contributed by atoms with Crippen molar-refractivity contribution in [3.63, 3.8) is 0 Å². The van der Waals surface area contributed by atoms with Crippen LogP contribution in [0.25, 0.3) is 0 Å².